The number of hydrogen-bond acceptors (Lipinski definition) is 3. The van der Waals surface area contributed by atoms with Crippen LogP contribution in [-0.4, -0.2) is 17.9 Å². The Kier molecular flexibility index (Phi) is 2.95. The van der Waals surface area contributed by atoms with Gasteiger partial charge in [0.2, 0.25) is 0 Å². The largest absolute Gasteiger partial charge is 0.457 e. The summed E-state index contributed by atoms with van der Waals surface area (Å²) < 4.78 is 5.34. The number of Topliss-reactive ketones (excluding diaryl/α,β-unsaturated/α-hetero) is 1. The molecule has 2 aliphatic carbocycles. The van der Waals surface area contributed by atoms with Gasteiger partial charge in [-0.05, 0) is 31.8 Å². The standard InChI is InChI=1S/C13H16O3/c1-3-4-10-8(2)12(7-11(10)14)16-13(15)9-5-6-9/h3,9,12H,1,4-7H2,2H3. The summed E-state index contributed by atoms with van der Waals surface area (Å²) in [6.45, 7) is 5.49. The normalized spacial score (nSPS) is 24.8. The molecule has 1 saturated carbocycles. The molecule has 0 bridgehead atoms. The van der Waals surface area contributed by atoms with Crippen molar-refractivity contribution in [2.75, 3.05) is 0 Å². The van der Waals surface area contributed by atoms with Crippen LogP contribution in [0.5, 0.6) is 0 Å². The molecule has 0 aromatic carbocycles. The molecule has 0 radical (unpaired) electrons. The zero-order valence-electron chi connectivity index (χ0n) is 9.49. The molecule has 0 heterocycles. The molecule has 1 atom stereocenters. The van der Waals surface area contributed by atoms with Gasteiger partial charge in [-0.3, -0.25) is 9.59 Å². The maximum Gasteiger partial charge on any atom is 0.309 e. The Morgan fingerprint density at radius 3 is 2.81 bits per heavy atom. The van der Waals surface area contributed by atoms with Crippen molar-refractivity contribution < 1.29 is 14.3 Å². The predicted octanol–water partition coefficient (Wildman–Crippen LogP) is 2.17. The number of ketones is 1. The van der Waals surface area contributed by atoms with Crippen molar-refractivity contribution in [2.45, 2.75) is 38.7 Å². The number of ether oxygens (including phenoxy) is 1. The highest BCUT2D eigenvalue weighted by molar-refractivity contribution is 6.00. The van der Waals surface area contributed by atoms with E-state index in [9.17, 15) is 9.59 Å². The minimum absolute atomic E-state index is 0.0889. The smallest absolute Gasteiger partial charge is 0.309 e. The lowest BCUT2D eigenvalue weighted by molar-refractivity contribution is -0.149. The number of rotatable bonds is 4. The number of esters is 1. The SMILES string of the molecule is C=CCC1=C(C)C(OC(=O)C2CC2)CC1=O. The van der Waals surface area contributed by atoms with Crippen LogP contribution in [0.15, 0.2) is 23.8 Å². The molecule has 2 aliphatic rings. The van der Waals surface area contributed by atoms with Gasteiger partial charge in [0.25, 0.3) is 0 Å². The summed E-state index contributed by atoms with van der Waals surface area (Å²) in [5.74, 6) is 0.0364. The minimum atomic E-state index is -0.324. The van der Waals surface area contributed by atoms with Gasteiger partial charge < -0.3 is 4.74 Å². The van der Waals surface area contributed by atoms with Crippen LogP contribution in [-0.2, 0) is 14.3 Å². The van der Waals surface area contributed by atoms with Gasteiger partial charge in [0.15, 0.2) is 5.78 Å². The molecule has 1 unspecified atom stereocenters. The van der Waals surface area contributed by atoms with Gasteiger partial charge in [0.05, 0.1) is 12.3 Å². The first-order chi connectivity index (χ1) is 7.63. The molecular formula is C13H16O3. The zero-order chi connectivity index (χ0) is 11.7. The van der Waals surface area contributed by atoms with Gasteiger partial charge in [-0.2, -0.15) is 0 Å². The Bertz CT molecular complexity index is 375. The average molecular weight is 220 g/mol. The molecule has 0 N–H and O–H groups in total. The van der Waals surface area contributed by atoms with E-state index < -0.39 is 0 Å². The van der Waals surface area contributed by atoms with Crippen LogP contribution < -0.4 is 0 Å². The van der Waals surface area contributed by atoms with Gasteiger partial charge in [-0.1, -0.05) is 6.08 Å². The van der Waals surface area contributed by atoms with Crippen molar-refractivity contribution in [3.63, 3.8) is 0 Å². The molecule has 3 nitrogen and oxygen atoms in total. The van der Waals surface area contributed by atoms with Crippen molar-refractivity contribution >= 4 is 11.8 Å². The monoisotopic (exact) mass is 220 g/mol. The second-order valence-corrected chi connectivity index (χ2v) is 4.48. The number of hydrogen-bond donors (Lipinski definition) is 0. The van der Waals surface area contributed by atoms with Crippen LogP contribution in [0.3, 0.4) is 0 Å². The van der Waals surface area contributed by atoms with Gasteiger partial charge in [-0.25, -0.2) is 0 Å². The van der Waals surface area contributed by atoms with E-state index >= 15 is 0 Å². The molecular weight excluding hydrogens is 204 g/mol. The minimum Gasteiger partial charge on any atom is -0.457 e. The third-order valence-electron chi connectivity index (χ3n) is 3.18. The van der Waals surface area contributed by atoms with Crippen LogP contribution in [0.2, 0.25) is 0 Å². The van der Waals surface area contributed by atoms with E-state index in [1.165, 1.54) is 0 Å². The van der Waals surface area contributed by atoms with Crippen molar-refractivity contribution in [3.8, 4) is 0 Å². The summed E-state index contributed by atoms with van der Waals surface area (Å²) >= 11 is 0. The molecule has 1 fully saturated rings. The van der Waals surface area contributed by atoms with Crippen LogP contribution in [0.25, 0.3) is 0 Å². The lowest BCUT2D eigenvalue weighted by Gasteiger charge is -2.12. The van der Waals surface area contributed by atoms with Crippen molar-refractivity contribution in [3.05, 3.63) is 23.8 Å². The quantitative estimate of drug-likeness (QED) is 0.538. The second kappa shape index (κ2) is 4.24. The zero-order valence-corrected chi connectivity index (χ0v) is 9.49. The third kappa shape index (κ3) is 2.08. The summed E-state index contributed by atoms with van der Waals surface area (Å²) in [7, 11) is 0. The van der Waals surface area contributed by atoms with Gasteiger partial charge in [0, 0.05) is 5.57 Å². The van der Waals surface area contributed by atoms with E-state index in [0.717, 1.165) is 24.0 Å². The third-order valence-corrected chi connectivity index (χ3v) is 3.18. The van der Waals surface area contributed by atoms with E-state index in [0.29, 0.717) is 12.8 Å². The summed E-state index contributed by atoms with van der Waals surface area (Å²) in [6.07, 6.45) is 4.14. The molecule has 0 spiro atoms. The lowest BCUT2D eigenvalue weighted by atomic mass is 10.1. The number of carbonyl (C=O) groups is 2. The fraction of sp³-hybridized carbons (Fsp3) is 0.538. The lowest BCUT2D eigenvalue weighted by Crippen LogP contribution is -2.18. The number of carbonyl (C=O) groups excluding carboxylic acids is 2. The highest BCUT2D eigenvalue weighted by Gasteiger charge is 2.36. The molecule has 0 aromatic rings. The highest BCUT2D eigenvalue weighted by atomic mass is 16.5. The van der Waals surface area contributed by atoms with Crippen molar-refractivity contribution in [2.24, 2.45) is 5.92 Å². The fourth-order valence-electron chi connectivity index (χ4n) is 1.96. The van der Waals surface area contributed by atoms with Crippen LogP contribution in [0, 0.1) is 5.92 Å². The Morgan fingerprint density at radius 2 is 2.25 bits per heavy atom. The van der Waals surface area contributed by atoms with E-state index in [-0.39, 0.29) is 23.8 Å². The summed E-state index contributed by atoms with van der Waals surface area (Å²) in [5.41, 5.74) is 1.67. The highest BCUT2D eigenvalue weighted by Crippen LogP contribution is 2.34. The summed E-state index contributed by atoms with van der Waals surface area (Å²) in [4.78, 5) is 23.2. The van der Waals surface area contributed by atoms with Crippen LogP contribution in [0.1, 0.15) is 32.6 Å². The first kappa shape index (κ1) is 11.1. The van der Waals surface area contributed by atoms with E-state index in [4.69, 9.17) is 4.74 Å². The Balaban J connectivity index is 2.03. The van der Waals surface area contributed by atoms with Crippen molar-refractivity contribution in [1.29, 1.82) is 0 Å². The predicted molar refractivity (Wildman–Crippen MR) is 59.7 cm³/mol. The van der Waals surface area contributed by atoms with Crippen molar-refractivity contribution in [1.82, 2.24) is 0 Å². The van der Waals surface area contributed by atoms with Crippen LogP contribution >= 0.6 is 0 Å². The van der Waals surface area contributed by atoms with E-state index in [2.05, 4.69) is 6.58 Å². The summed E-state index contributed by atoms with van der Waals surface area (Å²) in [5, 5.41) is 0. The van der Waals surface area contributed by atoms with E-state index in [1.807, 2.05) is 6.92 Å². The molecule has 16 heavy (non-hydrogen) atoms. The molecule has 0 amide bonds. The Hall–Kier alpha value is -1.38. The maximum absolute atomic E-state index is 11.7. The Labute approximate surface area is 95.2 Å². The average Bonchev–Trinajstić information content (AvgIpc) is 3.03. The molecule has 86 valence electrons. The molecule has 2 rings (SSSR count). The Morgan fingerprint density at radius 1 is 1.56 bits per heavy atom. The molecule has 0 aliphatic heterocycles. The fourth-order valence-corrected chi connectivity index (χ4v) is 1.96. The second-order valence-electron chi connectivity index (χ2n) is 4.48. The van der Waals surface area contributed by atoms with Gasteiger partial charge >= 0.3 is 5.97 Å². The molecule has 0 aromatic heterocycles. The first-order valence-electron chi connectivity index (χ1n) is 5.67. The summed E-state index contributed by atoms with van der Waals surface area (Å²) in [6, 6.07) is 0. The number of allylic oxidation sites excluding steroid dienone is 2. The van der Waals surface area contributed by atoms with Gasteiger partial charge in [-0.15, -0.1) is 6.58 Å². The van der Waals surface area contributed by atoms with Crippen LogP contribution in [0.4, 0.5) is 0 Å². The first-order valence-corrected chi connectivity index (χ1v) is 5.67. The van der Waals surface area contributed by atoms with E-state index in [1.54, 1.807) is 6.08 Å². The molecule has 0 saturated heterocycles. The topological polar surface area (TPSA) is 43.4 Å². The maximum atomic E-state index is 11.7. The molecule has 3 heteroatoms. The van der Waals surface area contributed by atoms with Gasteiger partial charge in [0.1, 0.15) is 6.10 Å².